The maximum absolute atomic E-state index is 14.7. The number of carbonyl (C=O) groups excluding carboxylic acids is 2. The van der Waals surface area contributed by atoms with Gasteiger partial charge in [0.05, 0.1) is 25.4 Å². The van der Waals surface area contributed by atoms with E-state index in [-0.39, 0.29) is 30.5 Å². The van der Waals surface area contributed by atoms with Gasteiger partial charge in [-0.2, -0.15) is 0 Å². The smallest absolute Gasteiger partial charge is 0.497 e. The third kappa shape index (κ3) is 10.2. The second-order valence-corrected chi connectivity index (χ2v) is 16.9. The summed E-state index contributed by atoms with van der Waals surface area (Å²) in [6.45, 7) is 3.95. The van der Waals surface area contributed by atoms with Crippen molar-refractivity contribution in [2.75, 3.05) is 19.0 Å². The van der Waals surface area contributed by atoms with Gasteiger partial charge in [0.1, 0.15) is 11.5 Å². The van der Waals surface area contributed by atoms with Gasteiger partial charge in [0.15, 0.2) is 5.78 Å². The highest BCUT2D eigenvalue weighted by Gasteiger charge is 2.57. The number of methoxy groups -OCH3 is 1. The molecule has 8 nitrogen and oxygen atoms in total. The monoisotopic (exact) mass is 846 g/mol. The topological polar surface area (TPSA) is 108 Å². The number of hydrogen-bond acceptors (Lipinski definition) is 6. The first-order valence-corrected chi connectivity index (χ1v) is 21.1. The minimum absolute atomic E-state index is 0.0317. The van der Waals surface area contributed by atoms with Crippen LogP contribution in [0.2, 0.25) is 0 Å². The highest BCUT2D eigenvalue weighted by Crippen LogP contribution is 2.59. The molecule has 0 aromatic heterocycles. The first-order valence-electron chi connectivity index (χ1n) is 21.1. The van der Waals surface area contributed by atoms with Crippen LogP contribution in [0.5, 0.6) is 11.5 Å². The van der Waals surface area contributed by atoms with E-state index in [1.807, 2.05) is 86.6 Å². The molecular formula is C51H53F3N2O6. The molecule has 3 aliphatic rings. The van der Waals surface area contributed by atoms with Crippen LogP contribution in [-0.2, 0) is 13.0 Å². The van der Waals surface area contributed by atoms with E-state index in [2.05, 4.69) is 16.1 Å². The number of rotatable bonds is 10. The molecule has 0 saturated heterocycles. The van der Waals surface area contributed by atoms with Gasteiger partial charge in [-0.15, -0.1) is 13.2 Å². The van der Waals surface area contributed by atoms with E-state index in [1.54, 1.807) is 31.4 Å². The Morgan fingerprint density at radius 2 is 1.53 bits per heavy atom. The molecule has 8 rings (SSSR count). The summed E-state index contributed by atoms with van der Waals surface area (Å²) in [6.07, 6.45) is 0.283. The Bertz CT molecular complexity index is 2370. The van der Waals surface area contributed by atoms with E-state index in [4.69, 9.17) is 4.74 Å². The molecule has 0 spiro atoms. The van der Waals surface area contributed by atoms with Gasteiger partial charge in [0.25, 0.3) is 0 Å². The summed E-state index contributed by atoms with van der Waals surface area (Å²) in [6, 6.07) is 35.0. The number of allylic oxidation sites excluding steroid dienone is 2. The molecule has 324 valence electrons. The summed E-state index contributed by atoms with van der Waals surface area (Å²) in [7, 11) is 1.54. The van der Waals surface area contributed by atoms with Gasteiger partial charge in [-0.3, -0.25) is 4.79 Å². The number of ketones is 1. The van der Waals surface area contributed by atoms with E-state index in [9.17, 15) is 33.0 Å². The molecule has 2 bridgehead atoms. The second kappa shape index (κ2) is 18.6. The predicted molar refractivity (Wildman–Crippen MR) is 234 cm³/mol. The van der Waals surface area contributed by atoms with E-state index in [0.717, 1.165) is 27.8 Å². The normalized spacial score (nSPS) is 21.6. The fourth-order valence-electron chi connectivity index (χ4n) is 9.21. The molecule has 0 heterocycles. The predicted octanol–water partition coefficient (Wildman–Crippen LogP) is 11.3. The zero-order chi connectivity index (χ0) is 44.1. The summed E-state index contributed by atoms with van der Waals surface area (Å²) in [4.78, 5) is 30.5. The van der Waals surface area contributed by atoms with Gasteiger partial charge < -0.3 is 29.9 Å². The number of aliphatic hydroxyl groups excluding tert-OH is 1. The quantitative estimate of drug-likeness (QED) is 0.0954. The lowest BCUT2D eigenvalue weighted by Gasteiger charge is -2.46. The minimum Gasteiger partial charge on any atom is -0.497 e. The number of anilines is 1. The number of fused-ring (bicyclic) bond motifs is 8. The van der Waals surface area contributed by atoms with Gasteiger partial charge in [-0.25, -0.2) is 4.79 Å². The van der Waals surface area contributed by atoms with Crippen LogP contribution in [0.3, 0.4) is 0 Å². The Kier molecular flexibility index (Phi) is 13.2. The Morgan fingerprint density at radius 3 is 2.21 bits per heavy atom. The number of nitrogens with zero attached hydrogens (tertiary/aromatic N) is 1. The fraction of sp³-hybridized carbons (Fsp3) is 0.333. The molecule has 3 N–H and O–H groups in total. The minimum atomic E-state index is -4.86. The molecule has 5 aromatic rings. The van der Waals surface area contributed by atoms with Crippen LogP contribution in [-0.4, -0.2) is 58.6 Å². The maximum atomic E-state index is 14.7. The number of amides is 2. The molecule has 4 atom stereocenters. The molecule has 1 fully saturated rings. The van der Waals surface area contributed by atoms with E-state index in [0.29, 0.717) is 73.1 Å². The van der Waals surface area contributed by atoms with E-state index < -0.39 is 29.5 Å². The van der Waals surface area contributed by atoms with Crippen molar-refractivity contribution in [2.45, 2.75) is 89.3 Å². The summed E-state index contributed by atoms with van der Waals surface area (Å²) in [5, 5.41) is 27.2. The fourth-order valence-corrected chi connectivity index (χ4v) is 9.21. The molecule has 62 heavy (non-hydrogen) atoms. The van der Waals surface area contributed by atoms with Crippen molar-refractivity contribution in [3.63, 3.8) is 0 Å². The van der Waals surface area contributed by atoms with Gasteiger partial charge >= 0.3 is 12.4 Å². The van der Waals surface area contributed by atoms with Crippen molar-refractivity contribution in [3.8, 4) is 22.6 Å². The zero-order valence-corrected chi connectivity index (χ0v) is 35.3. The molecule has 3 aliphatic carbocycles. The number of urea groups is 1. The number of nitrogens with one attached hydrogen (secondary N) is 1. The molecule has 1 saturated carbocycles. The maximum Gasteiger partial charge on any atom is 0.573 e. The van der Waals surface area contributed by atoms with Crippen molar-refractivity contribution >= 4 is 17.5 Å². The SMILES string of the molecule is COc1ccc(NC(=O)N(Cc2ccc(OC(F)(F)F)cc2)CC2(O)CCC3c4ccc(cc4C(=O)c4ccc(-c5ccccc5)cc4)CC(O)CCC(C)=CCCC32C)cc1. The van der Waals surface area contributed by atoms with Crippen LogP contribution >= 0.6 is 0 Å². The summed E-state index contributed by atoms with van der Waals surface area (Å²) in [5.74, 6) is -0.253. The van der Waals surface area contributed by atoms with Gasteiger partial charge in [-0.1, -0.05) is 97.4 Å². The first kappa shape index (κ1) is 44.2. The van der Waals surface area contributed by atoms with Gasteiger partial charge in [0.2, 0.25) is 0 Å². The summed E-state index contributed by atoms with van der Waals surface area (Å²) >= 11 is 0. The Labute approximate surface area is 361 Å². The van der Waals surface area contributed by atoms with Crippen LogP contribution in [0.25, 0.3) is 11.1 Å². The van der Waals surface area contributed by atoms with Crippen LogP contribution in [0.1, 0.15) is 90.9 Å². The van der Waals surface area contributed by atoms with Gasteiger partial charge in [-0.05, 0) is 128 Å². The largest absolute Gasteiger partial charge is 0.573 e. The zero-order valence-electron chi connectivity index (χ0n) is 35.3. The second-order valence-electron chi connectivity index (χ2n) is 16.9. The van der Waals surface area contributed by atoms with Crippen molar-refractivity contribution in [1.82, 2.24) is 4.90 Å². The first-order chi connectivity index (χ1) is 29.6. The van der Waals surface area contributed by atoms with Crippen LogP contribution in [0.15, 0.2) is 133 Å². The van der Waals surface area contributed by atoms with Gasteiger partial charge in [0, 0.05) is 28.8 Å². The standard InChI is InChI=1S/C51H53F3N2O6/c1-34-8-7-28-49(2)46(44-26-14-36(30-41(57)21-11-34)31-45(44)47(58)39-17-15-38(16-18-39)37-9-5-4-6-10-37)27-29-50(49,60)33-56(48(59)55-40-19-24-42(61-3)25-20-40)32-35-12-22-43(23-13-35)62-51(52,53)54/h4-6,8-10,12-20,22-26,31,41,46,57,60H,7,11,21,27-30,32-33H2,1-3H3,(H,55,59). The van der Waals surface area contributed by atoms with Crippen molar-refractivity contribution < 1.29 is 42.4 Å². The number of carbonyl (C=O) groups is 2. The molecular weight excluding hydrogens is 794 g/mol. The van der Waals surface area contributed by atoms with Crippen molar-refractivity contribution in [2.24, 2.45) is 5.41 Å². The third-order valence-electron chi connectivity index (χ3n) is 12.8. The average Bonchev–Trinajstić information content (AvgIpc) is 3.51. The summed E-state index contributed by atoms with van der Waals surface area (Å²) < 4.78 is 48.4. The summed E-state index contributed by atoms with van der Waals surface area (Å²) in [5.41, 5.74) is 4.49. The number of halogens is 3. The highest BCUT2D eigenvalue weighted by molar-refractivity contribution is 6.10. The van der Waals surface area contributed by atoms with Crippen molar-refractivity contribution in [1.29, 1.82) is 0 Å². The van der Waals surface area contributed by atoms with Crippen LogP contribution < -0.4 is 14.8 Å². The number of hydrogen-bond donors (Lipinski definition) is 3. The lowest BCUT2D eigenvalue weighted by atomic mass is 9.64. The number of aliphatic hydroxyl groups is 2. The van der Waals surface area contributed by atoms with Crippen LogP contribution in [0, 0.1) is 5.41 Å². The highest BCUT2D eigenvalue weighted by atomic mass is 19.4. The molecule has 11 heteroatoms. The Hall–Kier alpha value is -5.91. The van der Waals surface area contributed by atoms with E-state index in [1.165, 1.54) is 29.2 Å². The number of alkyl halides is 3. The molecule has 5 aromatic carbocycles. The molecule has 2 amide bonds. The lowest BCUT2D eigenvalue weighted by Crippen LogP contribution is -2.54. The molecule has 0 radical (unpaired) electrons. The Morgan fingerprint density at radius 1 is 0.855 bits per heavy atom. The van der Waals surface area contributed by atoms with E-state index >= 15 is 0 Å². The number of benzene rings is 5. The number of ether oxygens (including phenoxy) is 2. The molecule has 4 unspecified atom stereocenters. The Balaban J connectivity index is 1.26. The molecule has 0 aliphatic heterocycles. The van der Waals surface area contributed by atoms with Crippen LogP contribution in [0.4, 0.5) is 23.7 Å². The lowest BCUT2D eigenvalue weighted by molar-refractivity contribution is -0.274. The average molecular weight is 847 g/mol. The van der Waals surface area contributed by atoms with Crippen molar-refractivity contribution in [3.05, 3.63) is 161 Å². The third-order valence-corrected chi connectivity index (χ3v) is 12.8.